The number of hydrogen-bond donors (Lipinski definition) is 1. The summed E-state index contributed by atoms with van der Waals surface area (Å²) in [5.74, 6) is 0.925. The predicted molar refractivity (Wildman–Crippen MR) is 70.4 cm³/mol. The number of benzene rings is 1. The second-order valence-electron chi connectivity index (χ2n) is 4.13. The Bertz CT molecular complexity index is 298. The van der Waals surface area contributed by atoms with Crippen molar-refractivity contribution in [1.29, 1.82) is 0 Å². The molecule has 1 atom stereocenters. The molecule has 0 saturated heterocycles. The van der Waals surface area contributed by atoms with Gasteiger partial charge >= 0.3 is 0 Å². The highest BCUT2D eigenvalue weighted by Gasteiger charge is 2.03. The highest BCUT2D eigenvalue weighted by Crippen LogP contribution is 2.14. The van der Waals surface area contributed by atoms with Gasteiger partial charge in [0.25, 0.3) is 0 Å². The fraction of sp³-hybridized carbons (Fsp3) is 0.571. The summed E-state index contributed by atoms with van der Waals surface area (Å²) >= 11 is 0. The van der Waals surface area contributed by atoms with Gasteiger partial charge in [-0.25, -0.2) is 0 Å². The van der Waals surface area contributed by atoms with E-state index in [9.17, 15) is 0 Å². The van der Waals surface area contributed by atoms with Gasteiger partial charge in [0.2, 0.25) is 0 Å². The minimum absolute atomic E-state index is 0.189. The van der Waals surface area contributed by atoms with Crippen molar-refractivity contribution < 1.29 is 9.47 Å². The maximum atomic E-state index is 5.78. The molecular weight excluding hydrogens is 214 g/mol. The molecule has 0 fully saturated rings. The summed E-state index contributed by atoms with van der Waals surface area (Å²) < 4.78 is 10.8. The third-order valence-electron chi connectivity index (χ3n) is 2.57. The quantitative estimate of drug-likeness (QED) is 0.754. The van der Waals surface area contributed by atoms with Crippen LogP contribution in [0.3, 0.4) is 0 Å². The van der Waals surface area contributed by atoms with Gasteiger partial charge in [-0.3, -0.25) is 0 Å². The van der Waals surface area contributed by atoms with Crippen molar-refractivity contribution in [2.75, 3.05) is 20.3 Å². The topological polar surface area (TPSA) is 30.5 Å². The predicted octanol–water partition coefficient (Wildman–Crippen LogP) is 2.60. The van der Waals surface area contributed by atoms with E-state index >= 15 is 0 Å². The molecule has 1 rings (SSSR count). The lowest BCUT2D eigenvalue weighted by molar-refractivity contribution is 0.135. The smallest absolute Gasteiger partial charge is 0.119 e. The molecule has 0 aliphatic carbocycles. The van der Waals surface area contributed by atoms with E-state index in [0.717, 1.165) is 31.9 Å². The van der Waals surface area contributed by atoms with Crippen LogP contribution in [0.1, 0.15) is 25.8 Å². The zero-order valence-corrected chi connectivity index (χ0v) is 11.0. The third-order valence-corrected chi connectivity index (χ3v) is 2.57. The van der Waals surface area contributed by atoms with Crippen molar-refractivity contribution in [2.45, 2.75) is 32.9 Å². The van der Waals surface area contributed by atoms with E-state index in [1.54, 1.807) is 7.11 Å². The minimum Gasteiger partial charge on any atom is -0.491 e. The van der Waals surface area contributed by atoms with Crippen LogP contribution in [-0.2, 0) is 11.3 Å². The van der Waals surface area contributed by atoms with Gasteiger partial charge in [-0.2, -0.15) is 0 Å². The summed E-state index contributed by atoms with van der Waals surface area (Å²) in [7, 11) is 1.71. The second kappa shape index (κ2) is 8.09. The van der Waals surface area contributed by atoms with Crippen LogP contribution >= 0.6 is 0 Å². The summed E-state index contributed by atoms with van der Waals surface area (Å²) in [6.07, 6.45) is 1.10. The summed E-state index contributed by atoms with van der Waals surface area (Å²) in [4.78, 5) is 0. The van der Waals surface area contributed by atoms with Crippen molar-refractivity contribution in [3.05, 3.63) is 29.8 Å². The molecule has 17 heavy (non-hydrogen) atoms. The first-order valence-corrected chi connectivity index (χ1v) is 6.21. The average Bonchev–Trinajstić information content (AvgIpc) is 2.35. The fourth-order valence-electron chi connectivity index (χ4n) is 1.53. The van der Waals surface area contributed by atoms with Crippen LogP contribution in [0.5, 0.6) is 5.75 Å². The van der Waals surface area contributed by atoms with Crippen molar-refractivity contribution in [2.24, 2.45) is 0 Å². The average molecular weight is 237 g/mol. The Hall–Kier alpha value is -1.06. The van der Waals surface area contributed by atoms with Crippen molar-refractivity contribution in [1.82, 2.24) is 5.32 Å². The Labute approximate surface area is 104 Å². The van der Waals surface area contributed by atoms with E-state index < -0.39 is 0 Å². The van der Waals surface area contributed by atoms with Gasteiger partial charge < -0.3 is 14.8 Å². The molecular formula is C14H23NO2. The maximum absolute atomic E-state index is 5.78. The summed E-state index contributed by atoms with van der Waals surface area (Å²) in [6, 6.07) is 8.24. The zero-order chi connectivity index (χ0) is 12.5. The molecule has 0 aliphatic heterocycles. The van der Waals surface area contributed by atoms with Crippen LogP contribution in [0.15, 0.2) is 24.3 Å². The molecule has 0 heterocycles. The van der Waals surface area contributed by atoms with Crippen molar-refractivity contribution in [3.63, 3.8) is 0 Å². The highest BCUT2D eigenvalue weighted by atomic mass is 16.5. The largest absolute Gasteiger partial charge is 0.491 e. The van der Waals surface area contributed by atoms with Crippen LogP contribution in [-0.4, -0.2) is 26.4 Å². The van der Waals surface area contributed by atoms with E-state index in [1.807, 2.05) is 12.1 Å². The van der Waals surface area contributed by atoms with Gasteiger partial charge in [0.05, 0.1) is 6.10 Å². The molecule has 0 aromatic heterocycles. The lowest BCUT2D eigenvalue weighted by atomic mass is 10.2. The molecule has 3 heteroatoms. The third kappa shape index (κ3) is 5.71. The minimum atomic E-state index is 0.189. The highest BCUT2D eigenvalue weighted by molar-refractivity contribution is 5.27. The second-order valence-corrected chi connectivity index (χ2v) is 4.13. The monoisotopic (exact) mass is 237 g/mol. The molecule has 0 radical (unpaired) electrons. The molecule has 0 spiro atoms. The molecule has 3 nitrogen and oxygen atoms in total. The van der Waals surface area contributed by atoms with E-state index in [4.69, 9.17) is 9.47 Å². The van der Waals surface area contributed by atoms with Gasteiger partial charge in [0.15, 0.2) is 0 Å². The molecule has 1 aromatic carbocycles. The summed E-state index contributed by atoms with van der Waals surface area (Å²) in [5, 5.41) is 3.30. The van der Waals surface area contributed by atoms with Gasteiger partial charge in [-0.1, -0.05) is 19.1 Å². The Morgan fingerprint density at radius 2 is 1.94 bits per heavy atom. The zero-order valence-electron chi connectivity index (χ0n) is 11.0. The molecule has 0 saturated carbocycles. The summed E-state index contributed by atoms with van der Waals surface area (Å²) in [6.45, 7) is 6.81. The van der Waals surface area contributed by atoms with E-state index in [1.165, 1.54) is 5.56 Å². The molecule has 1 aromatic rings. The molecule has 0 bridgehead atoms. The Morgan fingerprint density at radius 3 is 2.53 bits per heavy atom. The van der Waals surface area contributed by atoms with E-state index in [-0.39, 0.29) is 6.10 Å². The van der Waals surface area contributed by atoms with Crippen LogP contribution in [0.2, 0.25) is 0 Å². The van der Waals surface area contributed by atoms with Gasteiger partial charge in [-0.05, 0) is 31.2 Å². The fourth-order valence-corrected chi connectivity index (χ4v) is 1.53. The molecule has 1 unspecified atom stereocenters. The number of ether oxygens (including phenoxy) is 2. The van der Waals surface area contributed by atoms with Crippen LogP contribution in [0.25, 0.3) is 0 Å². The molecule has 96 valence electrons. The normalized spacial score (nSPS) is 12.4. The SMILES string of the molecule is CCNCc1ccc(OC(C)CCOC)cc1. The lowest BCUT2D eigenvalue weighted by Gasteiger charge is -2.14. The first-order chi connectivity index (χ1) is 8.26. The Morgan fingerprint density at radius 1 is 1.24 bits per heavy atom. The first-order valence-electron chi connectivity index (χ1n) is 6.21. The molecule has 0 aliphatic rings. The van der Waals surface area contributed by atoms with Crippen molar-refractivity contribution >= 4 is 0 Å². The number of hydrogen-bond acceptors (Lipinski definition) is 3. The van der Waals surface area contributed by atoms with Gasteiger partial charge in [-0.15, -0.1) is 0 Å². The number of nitrogens with one attached hydrogen (secondary N) is 1. The van der Waals surface area contributed by atoms with E-state index in [2.05, 4.69) is 31.3 Å². The Balaban J connectivity index is 2.39. The first kappa shape index (κ1) is 14.0. The van der Waals surface area contributed by atoms with Gasteiger partial charge in [0, 0.05) is 26.7 Å². The Kier molecular flexibility index (Phi) is 6.67. The summed E-state index contributed by atoms with van der Waals surface area (Å²) in [5.41, 5.74) is 1.28. The van der Waals surface area contributed by atoms with E-state index in [0.29, 0.717) is 0 Å². The molecule has 1 N–H and O–H groups in total. The maximum Gasteiger partial charge on any atom is 0.119 e. The molecule has 0 amide bonds. The standard InChI is InChI=1S/C14H23NO2/c1-4-15-11-13-5-7-14(8-6-13)17-12(2)9-10-16-3/h5-8,12,15H,4,9-11H2,1-3H3. The van der Waals surface area contributed by atoms with Gasteiger partial charge in [0.1, 0.15) is 5.75 Å². The number of methoxy groups -OCH3 is 1. The van der Waals surface area contributed by atoms with Crippen LogP contribution in [0, 0.1) is 0 Å². The number of rotatable bonds is 8. The van der Waals surface area contributed by atoms with Crippen LogP contribution < -0.4 is 10.1 Å². The van der Waals surface area contributed by atoms with Crippen molar-refractivity contribution in [3.8, 4) is 5.75 Å². The van der Waals surface area contributed by atoms with Crippen LogP contribution in [0.4, 0.5) is 0 Å². The lowest BCUT2D eigenvalue weighted by Crippen LogP contribution is -2.14.